The van der Waals surface area contributed by atoms with Crippen molar-refractivity contribution in [2.75, 3.05) is 19.0 Å². The number of aryl methyl sites for hydroxylation is 2. The molecule has 2 heteroatoms. The molecule has 2 aromatic rings. The molecule has 0 fully saturated rings. The largest absolute Gasteiger partial charge is 0.377 e. The van der Waals surface area contributed by atoms with Crippen LogP contribution < -0.4 is 4.90 Å². The molecule has 0 bridgehead atoms. The zero-order chi connectivity index (χ0) is 19.0. The number of nitrogens with zero attached hydrogens (tertiary/aromatic N) is 2. The van der Waals surface area contributed by atoms with E-state index in [9.17, 15) is 0 Å². The molecule has 0 spiro atoms. The Labute approximate surface area is 153 Å². The fraction of sp³-hybridized carbons (Fsp3) is 0.435. The van der Waals surface area contributed by atoms with Gasteiger partial charge < -0.3 is 4.90 Å². The number of hydrogen-bond donors (Lipinski definition) is 0. The van der Waals surface area contributed by atoms with Crippen LogP contribution in [0.5, 0.6) is 0 Å². The number of hydrogen-bond acceptors (Lipinski definition) is 2. The van der Waals surface area contributed by atoms with Crippen molar-refractivity contribution < 1.29 is 0 Å². The Kier molecular flexibility index (Phi) is 5.41. The summed E-state index contributed by atoms with van der Waals surface area (Å²) >= 11 is 0. The molecule has 0 atom stereocenters. The monoisotopic (exact) mass is 336 g/mol. The van der Waals surface area contributed by atoms with E-state index < -0.39 is 0 Å². The standard InChI is InChI=1S/C23H32N2/c1-13-15(3)23(25(9)10)16(4)14(2)21(13)11-12-22-17(5)19(7)24-20(8)18(22)6/h11-12H,1-10H3/b12-11+. The highest BCUT2D eigenvalue weighted by Gasteiger charge is 2.15. The molecule has 1 aromatic heterocycles. The molecular formula is C23H32N2. The number of aromatic nitrogens is 1. The van der Waals surface area contributed by atoms with Gasteiger partial charge in [-0.2, -0.15) is 0 Å². The highest BCUT2D eigenvalue weighted by molar-refractivity contribution is 5.79. The Balaban J connectivity index is 2.65. The molecule has 0 aliphatic carbocycles. The van der Waals surface area contributed by atoms with Crippen molar-refractivity contribution in [2.45, 2.75) is 55.4 Å². The minimum Gasteiger partial charge on any atom is -0.377 e. The summed E-state index contributed by atoms with van der Waals surface area (Å²) in [5, 5.41) is 0. The average molecular weight is 337 g/mol. The Morgan fingerprint density at radius 2 is 0.920 bits per heavy atom. The molecule has 134 valence electrons. The van der Waals surface area contributed by atoms with E-state index in [1.165, 1.54) is 50.2 Å². The maximum atomic E-state index is 4.64. The van der Waals surface area contributed by atoms with Gasteiger partial charge in [0.1, 0.15) is 0 Å². The summed E-state index contributed by atoms with van der Waals surface area (Å²) in [6, 6.07) is 0. The van der Waals surface area contributed by atoms with Crippen LogP contribution in [0.25, 0.3) is 12.2 Å². The molecule has 0 saturated carbocycles. The van der Waals surface area contributed by atoms with Gasteiger partial charge in [0, 0.05) is 31.2 Å². The van der Waals surface area contributed by atoms with E-state index in [4.69, 9.17) is 0 Å². The van der Waals surface area contributed by atoms with Gasteiger partial charge >= 0.3 is 0 Å². The van der Waals surface area contributed by atoms with Crippen LogP contribution in [-0.4, -0.2) is 19.1 Å². The van der Waals surface area contributed by atoms with Gasteiger partial charge in [0.15, 0.2) is 0 Å². The highest BCUT2D eigenvalue weighted by atomic mass is 15.1. The molecule has 0 aliphatic rings. The predicted octanol–water partition coefficient (Wildman–Crippen LogP) is 5.79. The van der Waals surface area contributed by atoms with Gasteiger partial charge in [0.2, 0.25) is 0 Å². The van der Waals surface area contributed by atoms with Gasteiger partial charge in [-0.3, -0.25) is 4.98 Å². The fourth-order valence-corrected chi connectivity index (χ4v) is 3.75. The molecule has 1 aromatic carbocycles. The van der Waals surface area contributed by atoms with E-state index in [-0.39, 0.29) is 0 Å². The maximum absolute atomic E-state index is 4.64. The quantitative estimate of drug-likeness (QED) is 0.705. The van der Waals surface area contributed by atoms with Crippen LogP contribution in [0.3, 0.4) is 0 Å². The van der Waals surface area contributed by atoms with Gasteiger partial charge in [-0.25, -0.2) is 0 Å². The van der Waals surface area contributed by atoms with E-state index >= 15 is 0 Å². The SMILES string of the molecule is Cc1nc(C)c(C)c(/C=C/c2c(C)c(C)c(N(C)C)c(C)c2C)c1C. The van der Waals surface area contributed by atoms with Crippen molar-refractivity contribution in [1.82, 2.24) is 4.98 Å². The van der Waals surface area contributed by atoms with Crippen LogP contribution in [0, 0.1) is 55.4 Å². The summed E-state index contributed by atoms with van der Waals surface area (Å²) in [6.45, 7) is 17.4. The highest BCUT2D eigenvalue weighted by Crippen LogP contribution is 2.33. The Morgan fingerprint density at radius 1 is 0.560 bits per heavy atom. The topological polar surface area (TPSA) is 16.1 Å². The lowest BCUT2D eigenvalue weighted by Crippen LogP contribution is -2.14. The van der Waals surface area contributed by atoms with Crippen LogP contribution >= 0.6 is 0 Å². The molecule has 0 radical (unpaired) electrons. The lowest BCUT2D eigenvalue weighted by atomic mass is 9.90. The zero-order valence-corrected chi connectivity index (χ0v) is 17.5. The second-order valence-corrected chi connectivity index (χ2v) is 7.44. The van der Waals surface area contributed by atoms with Crippen molar-refractivity contribution in [2.24, 2.45) is 0 Å². The number of rotatable bonds is 3. The van der Waals surface area contributed by atoms with Gasteiger partial charge in [0.05, 0.1) is 0 Å². The predicted molar refractivity (Wildman–Crippen MR) is 112 cm³/mol. The summed E-state index contributed by atoms with van der Waals surface area (Å²) in [5.41, 5.74) is 14.2. The van der Waals surface area contributed by atoms with Gasteiger partial charge in [0.25, 0.3) is 0 Å². The second kappa shape index (κ2) is 7.03. The molecule has 0 N–H and O–H groups in total. The molecule has 2 rings (SSSR count). The molecular weight excluding hydrogens is 304 g/mol. The van der Waals surface area contributed by atoms with Gasteiger partial charge in [-0.1, -0.05) is 12.2 Å². The molecule has 0 unspecified atom stereocenters. The number of pyridine rings is 1. The first kappa shape index (κ1) is 19.2. The summed E-state index contributed by atoms with van der Waals surface area (Å²) < 4.78 is 0. The van der Waals surface area contributed by atoms with Crippen LogP contribution in [0.2, 0.25) is 0 Å². The minimum absolute atomic E-state index is 1.12. The summed E-state index contributed by atoms with van der Waals surface area (Å²) in [6.07, 6.45) is 4.56. The Morgan fingerprint density at radius 3 is 1.28 bits per heavy atom. The van der Waals surface area contributed by atoms with Crippen molar-refractivity contribution in [1.29, 1.82) is 0 Å². The minimum atomic E-state index is 1.12. The zero-order valence-electron chi connectivity index (χ0n) is 17.5. The normalized spacial score (nSPS) is 11.4. The summed E-state index contributed by atoms with van der Waals surface area (Å²) in [4.78, 5) is 6.87. The van der Waals surface area contributed by atoms with Crippen molar-refractivity contribution in [3.8, 4) is 0 Å². The van der Waals surface area contributed by atoms with Crippen LogP contribution in [0.4, 0.5) is 5.69 Å². The van der Waals surface area contributed by atoms with Gasteiger partial charge in [-0.15, -0.1) is 0 Å². The summed E-state index contributed by atoms with van der Waals surface area (Å²) in [7, 11) is 4.25. The van der Waals surface area contributed by atoms with E-state index in [0.717, 1.165) is 11.4 Å². The maximum Gasteiger partial charge on any atom is 0.0426 e. The first-order valence-electron chi connectivity index (χ1n) is 8.98. The van der Waals surface area contributed by atoms with Crippen molar-refractivity contribution in [3.05, 3.63) is 55.9 Å². The second-order valence-electron chi connectivity index (χ2n) is 7.44. The molecule has 0 aliphatic heterocycles. The number of benzene rings is 1. The first-order chi connectivity index (χ1) is 11.6. The van der Waals surface area contributed by atoms with Crippen LogP contribution in [-0.2, 0) is 0 Å². The van der Waals surface area contributed by atoms with E-state index in [1.54, 1.807) is 0 Å². The Hall–Kier alpha value is -2.09. The third kappa shape index (κ3) is 3.35. The molecule has 25 heavy (non-hydrogen) atoms. The molecule has 1 heterocycles. The molecule has 0 saturated heterocycles. The number of anilines is 1. The van der Waals surface area contributed by atoms with E-state index in [2.05, 4.69) is 91.5 Å². The third-order valence-electron chi connectivity index (χ3n) is 5.74. The van der Waals surface area contributed by atoms with Gasteiger partial charge in [-0.05, 0) is 99.9 Å². The fourth-order valence-electron chi connectivity index (χ4n) is 3.75. The van der Waals surface area contributed by atoms with E-state index in [0.29, 0.717) is 0 Å². The van der Waals surface area contributed by atoms with Crippen molar-refractivity contribution in [3.63, 3.8) is 0 Å². The molecule has 0 amide bonds. The average Bonchev–Trinajstić information content (AvgIpc) is 2.53. The third-order valence-corrected chi connectivity index (χ3v) is 5.74. The smallest absolute Gasteiger partial charge is 0.0426 e. The first-order valence-corrected chi connectivity index (χ1v) is 8.98. The van der Waals surface area contributed by atoms with Crippen LogP contribution in [0.15, 0.2) is 0 Å². The van der Waals surface area contributed by atoms with Crippen molar-refractivity contribution >= 4 is 17.8 Å². The lowest BCUT2D eigenvalue weighted by molar-refractivity contribution is 1.05. The summed E-state index contributed by atoms with van der Waals surface area (Å²) in [5.74, 6) is 0. The molecule has 2 nitrogen and oxygen atoms in total. The Bertz CT molecular complexity index is 800. The van der Waals surface area contributed by atoms with E-state index in [1.807, 2.05) is 0 Å². The lowest BCUT2D eigenvalue weighted by Gasteiger charge is -2.24. The van der Waals surface area contributed by atoms with Crippen LogP contribution in [0.1, 0.15) is 55.9 Å².